The Kier molecular flexibility index (Phi) is 12.3. The van der Waals surface area contributed by atoms with Crippen molar-refractivity contribution in [2.75, 3.05) is 42.7 Å². The van der Waals surface area contributed by atoms with E-state index >= 15 is 0 Å². The molecule has 10 heteroatoms. The van der Waals surface area contributed by atoms with Gasteiger partial charge in [-0.2, -0.15) is 0 Å². The number of hydrogen-bond donors (Lipinski definition) is 0. The molecule has 0 saturated heterocycles. The van der Waals surface area contributed by atoms with Crippen molar-refractivity contribution in [2.45, 2.75) is 6.55 Å². The minimum absolute atomic E-state index is 1.59. The van der Waals surface area contributed by atoms with E-state index in [2.05, 4.69) is 33.3 Å². The zero-order valence-electron chi connectivity index (χ0n) is 14.7. The Bertz CT molecular complexity index is 438. The highest BCUT2D eigenvalue weighted by atomic mass is 28.3. The fraction of sp³-hybridized carbons (Fsp3) is 0.538. The molecule has 0 aliphatic rings. The van der Waals surface area contributed by atoms with Crippen LogP contribution in [-0.4, -0.2) is 78.6 Å². The second-order valence-electron chi connectivity index (χ2n) is 4.34. The molecular weight excluding hydrogens is 364 g/mol. The molecule has 0 saturated carbocycles. The van der Waals surface area contributed by atoms with Crippen LogP contribution in [0.15, 0.2) is 0 Å². The van der Waals surface area contributed by atoms with Crippen molar-refractivity contribution in [3.8, 4) is 33.3 Å². The average molecular weight is 389 g/mol. The van der Waals surface area contributed by atoms with Crippen molar-refractivity contribution in [1.82, 2.24) is 0 Å². The maximum Gasteiger partial charge on any atom is 0.406 e. The quantitative estimate of drug-likeness (QED) is 0.423. The van der Waals surface area contributed by atoms with Crippen LogP contribution in [0, 0.1) is 33.3 Å². The Balaban J connectivity index is 5.59. The monoisotopic (exact) mass is 388 g/mol. The van der Waals surface area contributed by atoms with Gasteiger partial charge in [-0.05, 0) is 6.55 Å². The van der Waals surface area contributed by atoms with Crippen LogP contribution in [0.5, 0.6) is 0 Å². The zero-order valence-corrected chi connectivity index (χ0v) is 19.1. The molecule has 0 aliphatic heterocycles. The molecule has 0 bridgehead atoms. The summed E-state index contributed by atoms with van der Waals surface area (Å²) in [4.78, 5) is 0. The van der Waals surface area contributed by atoms with E-state index in [1.165, 1.54) is 0 Å². The third-order valence-corrected chi connectivity index (χ3v) is 9.11. The van der Waals surface area contributed by atoms with Gasteiger partial charge in [0.2, 0.25) is 0 Å². The Morgan fingerprint density at radius 1 is 0.522 bits per heavy atom. The summed E-state index contributed by atoms with van der Waals surface area (Å²) in [5.74, 6) is 0. The third-order valence-electron chi connectivity index (χ3n) is 2.60. The minimum Gasteiger partial charge on any atom is -0.391 e. The summed E-state index contributed by atoms with van der Waals surface area (Å²) in [6.07, 6.45) is 0. The highest BCUT2D eigenvalue weighted by Gasteiger charge is 2.22. The van der Waals surface area contributed by atoms with Gasteiger partial charge in [-0.25, -0.2) is 0 Å². The smallest absolute Gasteiger partial charge is 0.391 e. The molecule has 0 radical (unpaired) electrons. The lowest BCUT2D eigenvalue weighted by Crippen LogP contribution is -2.30. The molecule has 0 heterocycles. The predicted octanol–water partition coefficient (Wildman–Crippen LogP) is -1.15. The third kappa shape index (κ3) is 9.25. The van der Waals surface area contributed by atoms with Crippen LogP contribution < -0.4 is 0 Å². The first-order valence-corrected chi connectivity index (χ1v) is 13.8. The highest BCUT2D eigenvalue weighted by Crippen LogP contribution is 1.99. The SMILES string of the molecule is CO[SiH](C#C[Si](C)(C#C[SiH](OC)OC)C#C[SiH](OC)OC)OC. The molecule has 0 amide bonds. The molecule has 0 N–H and O–H groups in total. The van der Waals surface area contributed by atoms with E-state index in [0.29, 0.717) is 0 Å². The summed E-state index contributed by atoms with van der Waals surface area (Å²) in [6.45, 7) is 1.96. The van der Waals surface area contributed by atoms with Crippen molar-refractivity contribution >= 4 is 35.9 Å². The van der Waals surface area contributed by atoms with Crippen molar-refractivity contribution < 1.29 is 26.6 Å². The van der Waals surface area contributed by atoms with E-state index in [4.69, 9.17) is 26.6 Å². The fourth-order valence-corrected chi connectivity index (χ4v) is 7.70. The van der Waals surface area contributed by atoms with E-state index in [-0.39, 0.29) is 0 Å². The highest BCUT2D eigenvalue weighted by molar-refractivity contribution is 7.01. The van der Waals surface area contributed by atoms with Crippen molar-refractivity contribution in [3.05, 3.63) is 0 Å². The molecule has 0 fully saturated rings. The number of hydrogen-bond acceptors (Lipinski definition) is 6. The Morgan fingerprint density at radius 3 is 0.913 bits per heavy atom. The van der Waals surface area contributed by atoms with Crippen LogP contribution in [0.2, 0.25) is 6.55 Å². The van der Waals surface area contributed by atoms with Gasteiger partial charge in [0.1, 0.15) is 0 Å². The lowest BCUT2D eigenvalue weighted by molar-refractivity contribution is 0.293. The van der Waals surface area contributed by atoms with Crippen LogP contribution in [0.4, 0.5) is 0 Å². The fourth-order valence-electron chi connectivity index (χ4n) is 1.35. The predicted molar refractivity (Wildman–Crippen MR) is 98.4 cm³/mol. The second-order valence-corrected chi connectivity index (χ2v) is 13.0. The maximum atomic E-state index is 5.22. The molecule has 23 heavy (non-hydrogen) atoms. The summed E-state index contributed by atoms with van der Waals surface area (Å²) in [5.41, 5.74) is 18.7. The molecule has 0 unspecified atom stereocenters. The van der Waals surface area contributed by atoms with Gasteiger partial charge in [0.25, 0.3) is 8.07 Å². The number of rotatable bonds is 6. The van der Waals surface area contributed by atoms with Gasteiger partial charge in [0.05, 0.1) is 0 Å². The first-order chi connectivity index (χ1) is 11.0. The van der Waals surface area contributed by atoms with Crippen LogP contribution in [0.25, 0.3) is 0 Å². The Labute approximate surface area is 145 Å². The van der Waals surface area contributed by atoms with Crippen LogP contribution in [0.1, 0.15) is 0 Å². The average Bonchev–Trinajstić information content (AvgIpc) is 2.57. The van der Waals surface area contributed by atoms with Gasteiger partial charge in [-0.3, -0.25) is 0 Å². The minimum atomic E-state index is -2.49. The summed E-state index contributed by atoms with van der Waals surface area (Å²) < 4.78 is 31.3. The second kappa shape index (κ2) is 12.7. The zero-order chi connectivity index (χ0) is 17.7. The molecule has 128 valence electrons. The first-order valence-electron chi connectivity index (χ1n) is 6.73. The summed E-state index contributed by atoms with van der Waals surface area (Å²) in [6, 6.07) is 0. The van der Waals surface area contributed by atoms with Gasteiger partial charge < -0.3 is 26.6 Å². The molecular formula is C13H24O6Si4. The molecule has 0 aromatic heterocycles. The van der Waals surface area contributed by atoms with Gasteiger partial charge in [0, 0.05) is 42.7 Å². The molecule has 0 atom stereocenters. The van der Waals surface area contributed by atoms with E-state index in [9.17, 15) is 0 Å². The normalized spacial score (nSPS) is 10.7. The van der Waals surface area contributed by atoms with Crippen molar-refractivity contribution in [3.63, 3.8) is 0 Å². The van der Waals surface area contributed by atoms with Crippen LogP contribution >= 0.6 is 0 Å². The molecule has 0 spiro atoms. The maximum absolute atomic E-state index is 5.22. The molecule has 0 aliphatic carbocycles. The molecule has 0 rings (SSSR count). The largest absolute Gasteiger partial charge is 0.406 e. The lowest BCUT2D eigenvalue weighted by atomic mass is 11.3. The summed E-state index contributed by atoms with van der Waals surface area (Å²) >= 11 is 0. The topological polar surface area (TPSA) is 55.4 Å². The summed E-state index contributed by atoms with van der Waals surface area (Å²) in [7, 11) is 1.07. The Hall–Kier alpha value is -0.692. The van der Waals surface area contributed by atoms with Crippen molar-refractivity contribution in [2.24, 2.45) is 0 Å². The molecule has 6 nitrogen and oxygen atoms in total. The van der Waals surface area contributed by atoms with Crippen molar-refractivity contribution in [1.29, 1.82) is 0 Å². The van der Waals surface area contributed by atoms with E-state index < -0.39 is 35.9 Å². The van der Waals surface area contributed by atoms with Crippen LogP contribution in [-0.2, 0) is 26.6 Å². The van der Waals surface area contributed by atoms with E-state index in [1.807, 2.05) is 6.55 Å². The Morgan fingerprint density at radius 2 is 0.739 bits per heavy atom. The summed E-state index contributed by atoms with van der Waals surface area (Å²) in [5, 5.41) is 0. The lowest BCUT2D eigenvalue weighted by Gasteiger charge is -2.09. The van der Waals surface area contributed by atoms with Gasteiger partial charge >= 0.3 is 27.9 Å². The van der Waals surface area contributed by atoms with E-state index in [1.54, 1.807) is 42.7 Å². The van der Waals surface area contributed by atoms with E-state index in [0.717, 1.165) is 0 Å². The van der Waals surface area contributed by atoms with Gasteiger partial charge in [-0.15, -0.1) is 16.6 Å². The van der Waals surface area contributed by atoms with Gasteiger partial charge in [0.15, 0.2) is 0 Å². The molecule has 0 aromatic carbocycles. The van der Waals surface area contributed by atoms with Crippen LogP contribution in [0.3, 0.4) is 0 Å². The standard InChI is InChI=1S/C13H24O6Si4/c1-14-20(15-2)8-11-23(7,12-9-21(16-3)17-4)13-10-22(18-5)19-6/h20-22H,1-7H3. The first kappa shape index (κ1) is 22.3. The molecule has 0 aromatic rings. The van der Waals surface area contributed by atoms with Gasteiger partial charge in [-0.1, -0.05) is 16.6 Å².